The first kappa shape index (κ1) is 13.2. The van der Waals surface area contributed by atoms with Gasteiger partial charge in [0.15, 0.2) is 18.0 Å². The van der Waals surface area contributed by atoms with E-state index in [0.717, 1.165) is 0 Å². The Kier molecular flexibility index (Phi) is 4.25. The van der Waals surface area contributed by atoms with E-state index in [0.29, 0.717) is 11.3 Å². The Morgan fingerprint density at radius 2 is 2.12 bits per heavy atom. The fourth-order valence-corrected chi connectivity index (χ4v) is 1.29. The Morgan fingerprint density at radius 3 is 2.59 bits per heavy atom. The second-order valence-corrected chi connectivity index (χ2v) is 3.76. The zero-order valence-electron chi connectivity index (χ0n) is 9.42. The van der Waals surface area contributed by atoms with Crippen molar-refractivity contribution in [2.24, 2.45) is 5.92 Å². The fourth-order valence-electron chi connectivity index (χ4n) is 1.29. The number of hydrogen-bond acceptors (Lipinski definition) is 5. The largest absolute Gasteiger partial charge is 0.495 e. The van der Waals surface area contributed by atoms with E-state index in [1.165, 1.54) is 18.2 Å². The van der Waals surface area contributed by atoms with Crippen molar-refractivity contribution < 1.29 is 20.1 Å². The summed E-state index contributed by atoms with van der Waals surface area (Å²) in [4.78, 5) is 11.6. The van der Waals surface area contributed by atoms with Crippen LogP contribution in [0.15, 0.2) is 48.0 Å². The highest BCUT2D eigenvalue weighted by atomic mass is 16.5. The molecule has 5 heteroatoms. The Hall–Kier alpha value is -1.85. The molecule has 0 aromatic rings. The van der Waals surface area contributed by atoms with Gasteiger partial charge in [0.25, 0.3) is 0 Å². The summed E-state index contributed by atoms with van der Waals surface area (Å²) in [5, 5.41) is 29.2. The van der Waals surface area contributed by atoms with Gasteiger partial charge in [-0.2, -0.15) is 0 Å². The maximum Gasteiger partial charge on any atom is 0.187 e. The molecule has 92 valence electrons. The molecule has 1 aliphatic rings. The molecule has 0 saturated carbocycles. The van der Waals surface area contributed by atoms with E-state index in [2.05, 4.69) is 11.9 Å². The van der Waals surface area contributed by atoms with Gasteiger partial charge >= 0.3 is 0 Å². The zero-order chi connectivity index (χ0) is 13.0. The highest BCUT2D eigenvalue weighted by Gasteiger charge is 2.14. The van der Waals surface area contributed by atoms with Crippen LogP contribution in [0.3, 0.4) is 0 Å². The smallest absolute Gasteiger partial charge is 0.187 e. The maximum absolute atomic E-state index is 11.6. The summed E-state index contributed by atoms with van der Waals surface area (Å²) in [7, 11) is 0. The summed E-state index contributed by atoms with van der Waals surface area (Å²) < 4.78 is 0. The molecule has 0 aromatic carbocycles. The average molecular weight is 237 g/mol. The predicted octanol–water partition coefficient (Wildman–Crippen LogP) is 0.501. The standard InChI is InChI=1S/C12H15NO4/c1-7(12(16)17)5-9-3-4-10(6-11(9)15)13-8(2)14/h3-7,12-14,16-17H,2H2,1H3/b9-5+. The van der Waals surface area contributed by atoms with Crippen molar-refractivity contribution in [3.63, 3.8) is 0 Å². The van der Waals surface area contributed by atoms with Gasteiger partial charge in [-0.15, -0.1) is 0 Å². The topological polar surface area (TPSA) is 89.8 Å². The van der Waals surface area contributed by atoms with E-state index in [9.17, 15) is 4.79 Å². The number of allylic oxidation sites excluding steroid dienone is 4. The molecule has 5 nitrogen and oxygen atoms in total. The molecule has 1 rings (SSSR count). The van der Waals surface area contributed by atoms with Gasteiger partial charge in [0.2, 0.25) is 0 Å². The summed E-state index contributed by atoms with van der Waals surface area (Å²) in [5.74, 6) is -1.06. The van der Waals surface area contributed by atoms with Crippen molar-refractivity contribution in [1.82, 2.24) is 5.32 Å². The number of ketones is 1. The Labute approximate surface area is 99.1 Å². The van der Waals surface area contributed by atoms with Crippen LogP contribution in [0, 0.1) is 5.92 Å². The van der Waals surface area contributed by atoms with Crippen molar-refractivity contribution in [3.05, 3.63) is 48.0 Å². The second kappa shape index (κ2) is 5.47. The number of aliphatic hydroxyl groups is 3. The van der Waals surface area contributed by atoms with Crippen LogP contribution in [-0.2, 0) is 4.79 Å². The van der Waals surface area contributed by atoms with Gasteiger partial charge in [-0.05, 0) is 18.7 Å². The molecule has 0 aliphatic heterocycles. The van der Waals surface area contributed by atoms with Gasteiger partial charge in [0.1, 0.15) is 0 Å². The summed E-state index contributed by atoms with van der Waals surface area (Å²) >= 11 is 0. The van der Waals surface area contributed by atoms with E-state index < -0.39 is 12.2 Å². The molecule has 0 heterocycles. The van der Waals surface area contributed by atoms with Crippen LogP contribution >= 0.6 is 0 Å². The normalized spacial score (nSPS) is 19.4. The van der Waals surface area contributed by atoms with Gasteiger partial charge < -0.3 is 20.6 Å². The van der Waals surface area contributed by atoms with Crippen LogP contribution in [-0.4, -0.2) is 27.4 Å². The lowest BCUT2D eigenvalue weighted by atomic mass is 9.99. The highest BCUT2D eigenvalue weighted by molar-refractivity contribution is 6.08. The molecule has 0 saturated heterocycles. The van der Waals surface area contributed by atoms with Crippen molar-refractivity contribution in [2.45, 2.75) is 13.2 Å². The molecule has 0 amide bonds. The van der Waals surface area contributed by atoms with Crippen molar-refractivity contribution in [2.75, 3.05) is 0 Å². The molecule has 17 heavy (non-hydrogen) atoms. The van der Waals surface area contributed by atoms with E-state index in [1.807, 2.05) is 0 Å². The molecule has 1 unspecified atom stereocenters. The average Bonchev–Trinajstić information content (AvgIpc) is 2.20. The summed E-state index contributed by atoms with van der Waals surface area (Å²) in [6.07, 6.45) is 4.40. The van der Waals surface area contributed by atoms with Gasteiger partial charge in [0, 0.05) is 23.3 Å². The number of carbonyl (C=O) groups is 1. The lowest BCUT2D eigenvalue weighted by Crippen LogP contribution is -2.18. The van der Waals surface area contributed by atoms with E-state index in [1.54, 1.807) is 13.0 Å². The van der Waals surface area contributed by atoms with Crippen molar-refractivity contribution in [1.29, 1.82) is 0 Å². The lowest BCUT2D eigenvalue weighted by molar-refractivity contribution is -0.111. The summed E-state index contributed by atoms with van der Waals surface area (Å²) in [6, 6.07) is 0. The first-order chi connectivity index (χ1) is 7.90. The zero-order valence-corrected chi connectivity index (χ0v) is 9.42. The number of rotatable bonds is 4. The molecule has 0 bridgehead atoms. The van der Waals surface area contributed by atoms with E-state index >= 15 is 0 Å². The quantitative estimate of drug-likeness (QED) is 0.325. The minimum atomic E-state index is -1.50. The van der Waals surface area contributed by atoms with Crippen molar-refractivity contribution >= 4 is 5.78 Å². The molecule has 0 aromatic heterocycles. The molecule has 1 atom stereocenters. The van der Waals surface area contributed by atoms with Gasteiger partial charge in [-0.1, -0.05) is 13.0 Å². The highest BCUT2D eigenvalue weighted by Crippen LogP contribution is 2.15. The SMILES string of the molecule is C=C(O)NC1=CC(=O)/C(=C/C(C)C(O)O)C=C1. The molecule has 0 fully saturated rings. The predicted molar refractivity (Wildman–Crippen MR) is 62.6 cm³/mol. The van der Waals surface area contributed by atoms with Crippen LogP contribution in [0.25, 0.3) is 0 Å². The monoisotopic (exact) mass is 237 g/mol. The van der Waals surface area contributed by atoms with Crippen LogP contribution in [0.4, 0.5) is 0 Å². The minimum absolute atomic E-state index is 0.250. The molecular formula is C12H15NO4. The Balaban J connectivity index is 2.79. The molecule has 1 aliphatic carbocycles. The number of nitrogens with one attached hydrogen (secondary N) is 1. The van der Waals surface area contributed by atoms with Gasteiger partial charge in [-0.3, -0.25) is 4.79 Å². The molecule has 4 N–H and O–H groups in total. The maximum atomic E-state index is 11.6. The first-order valence-corrected chi connectivity index (χ1v) is 5.07. The van der Waals surface area contributed by atoms with Crippen molar-refractivity contribution in [3.8, 4) is 0 Å². The summed E-state index contributed by atoms with van der Waals surface area (Å²) in [5.41, 5.74) is 0.802. The third kappa shape index (κ3) is 3.90. The molecule has 0 spiro atoms. The van der Waals surface area contributed by atoms with Crippen LogP contribution in [0.1, 0.15) is 6.92 Å². The van der Waals surface area contributed by atoms with E-state index in [-0.39, 0.29) is 11.7 Å². The summed E-state index contributed by atoms with van der Waals surface area (Å²) in [6.45, 7) is 4.83. The third-order valence-corrected chi connectivity index (χ3v) is 2.21. The Morgan fingerprint density at radius 1 is 1.47 bits per heavy atom. The lowest BCUT2D eigenvalue weighted by Gasteiger charge is -2.13. The number of aliphatic hydroxyl groups excluding tert-OH is 2. The number of carbonyl (C=O) groups excluding carboxylic acids is 1. The van der Waals surface area contributed by atoms with E-state index in [4.69, 9.17) is 15.3 Å². The van der Waals surface area contributed by atoms with Gasteiger partial charge in [0.05, 0.1) is 0 Å². The fraction of sp³-hybridized carbons (Fsp3) is 0.250. The number of hydrogen-bond donors (Lipinski definition) is 4. The first-order valence-electron chi connectivity index (χ1n) is 5.07. The molecular weight excluding hydrogens is 222 g/mol. The second-order valence-electron chi connectivity index (χ2n) is 3.76. The van der Waals surface area contributed by atoms with Crippen LogP contribution < -0.4 is 5.32 Å². The molecule has 0 radical (unpaired) electrons. The van der Waals surface area contributed by atoms with Crippen LogP contribution in [0.2, 0.25) is 0 Å². The van der Waals surface area contributed by atoms with Crippen LogP contribution in [0.5, 0.6) is 0 Å². The third-order valence-electron chi connectivity index (χ3n) is 2.21. The minimum Gasteiger partial charge on any atom is -0.495 e. The Bertz CT molecular complexity index is 418. The van der Waals surface area contributed by atoms with Gasteiger partial charge in [-0.25, -0.2) is 0 Å².